The molecule has 0 radical (unpaired) electrons. The normalized spacial score (nSPS) is 11.9. The second kappa shape index (κ2) is 5.14. The minimum atomic E-state index is -0.766. The summed E-state index contributed by atoms with van der Waals surface area (Å²) in [7, 11) is 0. The van der Waals surface area contributed by atoms with E-state index >= 15 is 0 Å². The molecule has 1 rings (SSSR count). The summed E-state index contributed by atoms with van der Waals surface area (Å²) in [6.45, 7) is 1.48. The summed E-state index contributed by atoms with van der Waals surface area (Å²) in [5.74, 6) is -1.11. The highest BCUT2D eigenvalue weighted by Crippen LogP contribution is 2.14. The Morgan fingerprint density at radius 1 is 1.38 bits per heavy atom. The van der Waals surface area contributed by atoms with Crippen LogP contribution in [0.5, 0.6) is 0 Å². The molecule has 1 aromatic rings. The second-order valence-electron chi connectivity index (χ2n) is 3.10. The van der Waals surface area contributed by atoms with E-state index in [4.69, 9.17) is 28.9 Å². The summed E-state index contributed by atoms with van der Waals surface area (Å²) in [5, 5.41) is 2.59. The molecule has 0 saturated carbocycles. The molecular weight excluding hydrogens is 253 g/mol. The van der Waals surface area contributed by atoms with E-state index in [-0.39, 0.29) is 15.9 Å². The van der Waals surface area contributed by atoms with Gasteiger partial charge in [0.2, 0.25) is 5.91 Å². The number of hydrogen-bond acceptors (Lipinski definition) is 3. The predicted octanol–water partition coefficient (Wildman–Crippen LogP) is 0.992. The van der Waals surface area contributed by atoms with Gasteiger partial charge < -0.3 is 11.1 Å². The highest BCUT2D eigenvalue weighted by atomic mass is 35.5. The molecule has 1 atom stereocenters. The van der Waals surface area contributed by atoms with Crippen LogP contribution in [0.2, 0.25) is 10.3 Å². The van der Waals surface area contributed by atoms with E-state index < -0.39 is 17.9 Å². The van der Waals surface area contributed by atoms with Gasteiger partial charge in [0, 0.05) is 5.56 Å². The van der Waals surface area contributed by atoms with Crippen LogP contribution < -0.4 is 11.1 Å². The van der Waals surface area contributed by atoms with E-state index in [0.717, 1.165) is 0 Å². The number of nitrogens with one attached hydrogen (secondary N) is 1. The zero-order chi connectivity index (χ0) is 12.3. The number of halogens is 2. The monoisotopic (exact) mass is 261 g/mol. The van der Waals surface area contributed by atoms with E-state index in [9.17, 15) is 9.59 Å². The molecule has 5 nitrogen and oxygen atoms in total. The van der Waals surface area contributed by atoms with Gasteiger partial charge in [0.25, 0.3) is 5.91 Å². The van der Waals surface area contributed by atoms with Crippen LogP contribution in [0.25, 0.3) is 0 Å². The van der Waals surface area contributed by atoms with Gasteiger partial charge in [-0.05, 0) is 19.1 Å². The Hall–Kier alpha value is -1.33. The van der Waals surface area contributed by atoms with Crippen molar-refractivity contribution < 1.29 is 9.59 Å². The lowest BCUT2D eigenvalue weighted by Gasteiger charge is -2.10. The minimum Gasteiger partial charge on any atom is -0.368 e. The molecule has 0 bridgehead atoms. The fourth-order valence-corrected chi connectivity index (χ4v) is 1.41. The van der Waals surface area contributed by atoms with Crippen molar-refractivity contribution >= 4 is 35.0 Å². The third-order valence-electron chi connectivity index (χ3n) is 1.80. The Kier molecular flexibility index (Phi) is 4.09. The Morgan fingerprint density at radius 3 is 2.31 bits per heavy atom. The standard InChI is InChI=1S/C9H9Cl2N3O2/c1-4(8(12)15)13-9(16)5-2-6(10)14-7(11)3-5/h2-4H,1H3,(H2,12,15)(H,13,16). The molecule has 3 N–H and O–H groups in total. The average Bonchev–Trinajstić information content (AvgIpc) is 2.15. The maximum Gasteiger partial charge on any atom is 0.252 e. The first-order valence-corrected chi connectivity index (χ1v) is 5.09. The third kappa shape index (κ3) is 3.36. The van der Waals surface area contributed by atoms with Crippen molar-refractivity contribution in [2.45, 2.75) is 13.0 Å². The zero-order valence-corrected chi connectivity index (χ0v) is 9.84. The number of carbonyl (C=O) groups excluding carboxylic acids is 2. The number of hydrogen-bond donors (Lipinski definition) is 2. The molecule has 1 heterocycles. The van der Waals surface area contributed by atoms with Gasteiger partial charge in [-0.3, -0.25) is 9.59 Å². The molecule has 0 aromatic carbocycles. The Morgan fingerprint density at radius 2 is 1.88 bits per heavy atom. The largest absolute Gasteiger partial charge is 0.368 e. The van der Waals surface area contributed by atoms with Crippen LogP contribution in [0.15, 0.2) is 12.1 Å². The van der Waals surface area contributed by atoms with Crippen LogP contribution in [0.3, 0.4) is 0 Å². The number of pyridine rings is 1. The lowest BCUT2D eigenvalue weighted by molar-refractivity contribution is -0.119. The van der Waals surface area contributed by atoms with Crippen LogP contribution >= 0.6 is 23.2 Å². The first-order chi connectivity index (χ1) is 7.40. The molecule has 1 unspecified atom stereocenters. The molecule has 0 aliphatic carbocycles. The van der Waals surface area contributed by atoms with Crippen molar-refractivity contribution in [1.82, 2.24) is 10.3 Å². The van der Waals surface area contributed by atoms with Gasteiger partial charge in [-0.15, -0.1) is 0 Å². The highest BCUT2D eigenvalue weighted by molar-refractivity contribution is 6.33. The summed E-state index contributed by atoms with van der Waals surface area (Å²) < 4.78 is 0. The van der Waals surface area contributed by atoms with Crippen molar-refractivity contribution in [2.75, 3.05) is 0 Å². The van der Waals surface area contributed by atoms with Gasteiger partial charge >= 0.3 is 0 Å². The van der Waals surface area contributed by atoms with Gasteiger partial charge in [0.1, 0.15) is 16.3 Å². The molecule has 0 spiro atoms. The SMILES string of the molecule is CC(NC(=O)c1cc(Cl)nc(Cl)c1)C(N)=O. The fraction of sp³-hybridized carbons (Fsp3) is 0.222. The van der Waals surface area contributed by atoms with Crippen molar-refractivity contribution in [2.24, 2.45) is 5.73 Å². The Labute approximate surface area is 102 Å². The van der Waals surface area contributed by atoms with Crippen LogP contribution in [0, 0.1) is 0 Å². The average molecular weight is 262 g/mol. The number of nitrogens with two attached hydrogens (primary N) is 1. The maximum absolute atomic E-state index is 11.6. The number of primary amides is 1. The van der Waals surface area contributed by atoms with Crippen LogP contribution in [-0.2, 0) is 4.79 Å². The van der Waals surface area contributed by atoms with Crippen molar-refractivity contribution in [3.05, 3.63) is 28.0 Å². The second-order valence-corrected chi connectivity index (χ2v) is 3.87. The molecule has 0 aliphatic heterocycles. The Bertz CT molecular complexity index is 417. The first-order valence-electron chi connectivity index (χ1n) is 4.33. The lowest BCUT2D eigenvalue weighted by Crippen LogP contribution is -2.42. The zero-order valence-electron chi connectivity index (χ0n) is 8.33. The molecule has 16 heavy (non-hydrogen) atoms. The number of rotatable bonds is 3. The summed E-state index contributed by atoms with van der Waals surface area (Å²) in [5.41, 5.74) is 5.22. The van der Waals surface area contributed by atoms with E-state index in [2.05, 4.69) is 10.3 Å². The Balaban J connectivity index is 2.84. The van der Waals surface area contributed by atoms with Crippen LogP contribution in [-0.4, -0.2) is 22.8 Å². The van der Waals surface area contributed by atoms with Gasteiger partial charge in [0.05, 0.1) is 0 Å². The summed E-state index contributed by atoms with van der Waals surface area (Å²) in [4.78, 5) is 26.0. The predicted molar refractivity (Wildman–Crippen MR) is 60.4 cm³/mol. The summed E-state index contributed by atoms with van der Waals surface area (Å²) in [6, 6.07) is 1.92. The molecular formula is C9H9Cl2N3O2. The van der Waals surface area contributed by atoms with Crippen molar-refractivity contribution in [1.29, 1.82) is 0 Å². The minimum absolute atomic E-state index is 0.101. The lowest BCUT2D eigenvalue weighted by atomic mass is 10.2. The van der Waals surface area contributed by atoms with Crippen LogP contribution in [0.4, 0.5) is 0 Å². The van der Waals surface area contributed by atoms with Crippen LogP contribution in [0.1, 0.15) is 17.3 Å². The smallest absolute Gasteiger partial charge is 0.252 e. The topological polar surface area (TPSA) is 85.1 Å². The van der Waals surface area contributed by atoms with Gasteiger partial charge in [-0.25, -0.2) is 4.98 Å². The van der Waals surface area contributed by atoms with E-state index in [1.54, 1.807) is 0 Å². The highest BCUT2D eigenvalue weighted by Gasteiger charge is 2.14. The molecule has 0 aliphatic rings. The van der Waals surface area contributed by atoms with E-state index in [1.165, 1.54) is 19.1 Å². The molecule has 1 aromatic heterocycles. The van der Waals surface area contributed by atoms with Gasteiger partial charge in [-0.2, -0.15) is 0 Å². The third-order valence-corrected chi connectivity index (χ3v) is 2.19. The van der Waals surface area contributed by atoms with Crippen molar-refractivity contribution in [3.63, 3.8) is 0 Å². The fourth-order valence-electron chi connectivity index (χ4n) is 0.947. The summed E-state index contributed by atoms with van der Waals surface area (Å²) >= 11 is 11.3. The first kappa shape index (κ1) is 12.7. The van der Waals surface area contributed by atoms with Gasteiger partial charge in [-0.1, -0.05) is 23.2 Å². The number of amides is 2. The summed E-state index contributed by atoms with van der Waals surface area (Å²) in [6.07, 6.45) is 0. The van der Waals surface area contributed by atoms with Gasteiger partial charge in [0.15, 0.2) is 0 Å². The number of nitrogens with zero attached hydrogens (tertiary/aromatic N) is 1. The number of carbonyl (C=O) groups is 2. The molecule has 0 saturated heterocycles. The quantitative estimate of drug-likeness (QED) is 0.796. The maximum atomic E-state index is 11.6. The molecule has 86 valence electrons. The van der Waals surface area contributed by atoms with Crippen molar-refractivity contribution in [3.8, 4) is 0 Å². The number of aromatic nitrogens is 1. The molecule has 7 heteroatoms. The molecule has 2 amide bonds. The van der Waals surface area contributed by atoms with E-state index in [1.807, 2.05) is 0 Å². The van der Waals surface area contributed by atoms with E-state index in [0.29, 0.717) is 0 Å². The molecule has 0 fully saturated rings.